The molecule has 0 aliphatic rings. The Morgan fingerprint density at radius 1 is 1.23 bits per heavy atom. The van der Waals surface area contributed by atoms with Crippen LogP contribution in [-0.2, 0) is 4.79 Å². The van der Waals surface area contributed by atoms with Crippen LogP contribution in [0.3, 0.4) is 0 Å². The third kappa shape index (κ3) is 3.06. The summed E-state index contributed by atoms with van der Waals surface area (Å²) in [6.45, 7) is 5.71. The predicted octanol–water partition coefficient (Wildman–Crippen LogP) is 2.13. The molecule has 2 aromatic heterocycles. The Hall–Kier alpha value is -2.48. The first-order valence-electron chi connectivity index (χ1n) is 6.71. The first-order valence-corrected chi connectivity index (χ1v) is 7.53. The molecule has 0 saturated heterocycles. The average molecular weight is 317 g/mol. The van der Waals surface area contributed by atoms with Gasteiger partial charge in [-0.3, -0.25) is 10.1 Å². The Morgan fingerprint density at radius 2 is 1.95 bits per heavy atom. The van der Waals surface area contributed by atoms with Gasteiger partial charge in [-0.2, -0.15) is 4.52 Å². The van der Waals surface area contributed by atoms with Crippen molar-refractivity contribution in [2.45, 2.75) is 20.8 Å². The van der Waals surface area contributed by atoms with Gasteiger partial charge in [0.1, 0.15) is 5.75 Å². The van der Waals surface area contributed by atoms with E-state index >= 15 is 0 Å². The summed E-state index contributed by atoms with van der Waals surface area (Å²) in [6, 6.07) is 5.84. The van der Waals surface area contributed by atoms with E-state index < -0.39 is 0 Å². The molecule has 0 fully saturated rings. The number of hydrogen-bond donors (Lipinski definition) is 1. The number of nitrogens with one attached hydrogen (secondary N) is 1. The zero-order chi connectivity index (χ0) is 15.7. The number of aryl methyl sites for hydroxylation is 3. The molecule has 0 unspecified atom stereocenters. The zero-order valence-corrected chi connectivity index (χ0v) is 13.3. The fraction of sp³-hybridized carbons (Fsp3) is 0.286. The van der Waals surface area contributed by atoms with Crippen LogP contribution in [0.25, 0.3) is 4.96 Å². The van der Waals surface area contributed by atoms with Crippen LogP contribution >= 0.6 is 11.3 Å². The second-order valence-corrected chi connectivity index (χ2v) is 5.97. The molecule has 1 amide bonds. The molecule has 0 aliphatic carbocycles. The number of carbonyl (C=O) groups is 1. The summed E-state index contributed by atoms with van der Waals surface area (Å²) < 4.78 is 7.10. The van der Waals surface area contributed by atoms with E-state index in [-0.39, 0.29) is 12.5 Å². The Labute approximate surface area is 130 Å². The second-order valence-electron chi connectivity index (χ2n) is 5.01. The van der Waals surface area contributed by atoms with Gasteiger partial charge in [0.15, 0.2) is 12.4 Å². The molecule has 0 atom stereocenters. The van der Waals surface area contributed by atoms with Gasteiger partial charge in [-0.25, -0.2) is 0 Å². The van der Waals surface area contributed by atoms with E-state index in [0.717, 1.165) is 11.1 Å². The molecule has 2 heterocycles. The van der Waals surface area contributed by atoms with Gasteiger partial charge in [0.25, 0.3) is 5.91 Å². The molecule has 114 valence electrons. The van der Waals surface area contributed by atoms with Crippen molar-refractivity contribution >= 4 is 27.3 Å². The molecule has 1 N–H and O–H groups in total. The van der Waals surface area contributed by atoms with Gasteiger partial charge in [0.2, 0.25) is 10.1 Å². The summed E-state index contributed by atoms with van der Waals surface area (Å²) >= 11 is 1.26. The van der Waals surface area contributed by atoms with Crippen LogP contribution in [0.15, 0.2) is 18.2 Å². The number of carbonyl (C=O) groups excluding carboxylic acids is 1. The molecule has 1 aromatic carbocycles. The Balaban J connectivity index is 1.62. The largest absolute Gasteiger partial charge is 0.484 e. The van der Waals surface area contributed by atoms with Crippen molar-refractivity contribution in [2.24, 2.45) is 0 Å². The maximum atomic E-state index is 11.9. The third-order valence-corrected chi connectivity index (χ3v) is 3.77. The lowest BCUT2D eigenvalue weighted by atomic mass is 10.1. The molecule has 0 bridgehead atoms. The van der Waals surface area contributed by atoms with Crippen molar-refractivity contribution < 1.29 is 9.53 Å². The van der Waals surface area contributed by atoms with E-state index in [9.17, 15) is 4.79 Å². The lowest BCUT2D eigenvalue weighted by molar-refractivity contribution is -0.118. The molecule has 0 aliphatic heterocycles. The van der Waals surface area contributed by atoms with Crippen molar-refractivity contribution in [3.8, 4) is 5.75 Å². The molecular weight excluding hydrogens is 302 g/mol. The summed E-state index contributed by atoms with van der Waals surface area (Å²) in [5, 5.41) is 15.2. The zero-order valence-electron chi connectivity index (χ0n) is 12.5. The van der Waals surface area contributed by atoms with Gasteiger partial charge < -0.3 is 4.74 Å². The number of amides is 1. The second kappa shape index (κ2) is 5.72. The number of benzene rings is 1. The first kappa shape index (κ1) is 14.5. The van der Waals surface area contributed by atoms with Crippen LogP contribution in [-0.4, -0.2) is 32.3 Å². The van der Waals surface area contributed by atoms with Gasteiger partial charge in [-0.15, -0.1) is 15.3 Å². The Kier molecular flexibility index (Phi) is 3.76. The summed E-state index contributed by atoms with van der Waals surface area (Å²) in [7, 11) is 0. The van der Waals surface area contributed by atoms with Crippen LogP contribution in [0.5, 0.6) is 5.75 Å². The lowest BCUT2D eigenvalue weighted by Crippen LogP contribution is -2.20. The number of fused-ring (bicyclic) bond motifs is 1. The van der Waals surface area contributed by atoms with E-state index in [2.05, 4.69) is 26.7 Å². The number of nitrogens with zero attached hydrogens (tertiary/aromatic N) is 4. The monoisotopic (exact) mass is 317 g/mol. The summed E-state index contributed by atoms with van der Waals surface area (Å²) in [6.07, 6.45) is 0. The van der Waals surface area contributed by atoms with Gasteiger partial charge in [-0.05, 0) is 44.0 Å². The minimum absolute atomic E-state index is 0.0674. The van der Waals surface area contributed by atoms with E-state index in [0.29, 0.717) is 21.7 Å². The van der Waals surface area contributed by atoms with Crippen molar-refractivity contribution in [3.63, 3.8) is 0 Å². The van der Waals surface area contributed by atoms with Crippen molar-refractivity contribution in [1.82, 2.24) is 19.8 Å². The number of anilines is 1. The van der Waals surface area contributed by atoms with Crippen LogP contribution in [0.4, 0.5) is 5.13 Å². The number of aromatic nitrogens is 4. The van der Waals surface area contributed by atoms with Crippen LogP contribution in [0.2, 0.25) is 0 Å². The molecule has 0 spiro atoms. The molecule has 8 heteroatoms. The molecule has 3 aromatic rings. The number of hydrogen-bond acceptors (Lipinski definition) is 6. The summed E-state index contributed by atoms with van der Waals surface area (Å²) in [4.78, 5) is 12.6. The summed E-state index contributed by atoms with van der Waals surface area (Å²) in [5.74, 6) is 1.10. The van der Waals surface area contributed by atoms with Crippen molar-refractivity contribution in [1.29, 1.82) is 0 Å². The highest BCUT2D eigenvalue weighted by molar-refractivity contribution is 7.20. The molecule has 7 nitrogen and oxygen atoms in total. The molecule has 0 saturated carbocycles. The van der Waals surface area contributed by atoms with Gasteiger partial charge in [0.05, 0.1) is 0 Å². The highest BCUT2D eigenvalue weighted by Crippen LogP contribution is 2.19. The molecular formula is C14H15N5O2S. The SMILES string of the molecule is Cc1cc(C)cc(OCC(=O)Nc2nn3c(C)nnc3s2)c1. The van der Waals surface area contributed by atoms with Gasteiger partial charge in [0, 0.05) is 0 Å². The summed E-state index contributed by atoms with van der Waals surface area (Å²) in [5.41, 5.74) is 2.19. The quantitative estimate of drug-likeness (QED) is 0.797. The normalized spacial score (nSPS) is 10.9. The highest BCUT2D eigenvalue weighted by atomic mass is 32.1. The number of rotatable bonds is 4. The van der Waals surface area contributed by atoms with Gasteiger partial charge >= 0.3 is 0 Å². The fourth-order valence-electron chi connectivity index (χ4n) is 2.09. The standard InChI is InChI=1S/C14H15N5O2S/c1-8-4-9(2)6-11(5-8)21-7-12(20)15-13-18-19-10(3)16-17-14(19)22-13/h4-6H,7H2,1-3H3,(H,15,18,20). The van der Waals surface area contributed by atoms with Crippen LogP contribution < -0.4 is 10.1 Å². The molecule has 3 rings (SSSR count). The third-order valence-electron chi connectivity index (χ3n) is 2.96. The Bertz CT molecular complexity index is 819. The fourth-order valence-corrected chi connectivity index (χ4v) is 2.89. The number of ether oxygens (including phenoxy) is 1. The van der Waals surface area contributed by atoms with Crippen LogP contribution in [0.1, 0.15) is 17.0 Å². The minimum Gasteiger partial charge on any atom is -0.484 e. The maximum Gasteiger partial charge on any atom is 0.264 e. The first-order chi connectivity index (χ1) is 10.5. The molecule has 22 heavy (non-hydrogen) atoms. The highest BCUT2D eigenvalue weighted by Gasteiger charge is 2.11. The van der Waals surface area contributed by atoms with Crippen molar-refractivity contribution in [3.05, 3.63) is 35.2 Å². The van der Waals surface area contributed by atoms with Crippen LogP contribution in [0, 0.1) is 20.8 Å². The lowest BCUT2D eigenvalue weighted by Gasteiger charge is -2.07. The maximum absolute atomic E-state index is 11.9. The van der Waals surface area contributed by atoms with E-state index in [1.807, 2.05) is 26.0 Å². The minimum atomic E-state index is -0.262. The Morgan fingerprint density at radius 3 is 2.64 bits per heavy atom. The van der Waals surface area contributed by atoms with Crippen molar-refractivity contribution in [2.75, 3.05) is 11.9 Å². The predicted molar refractivity (Wildman–Crippen MR) is 83.4 cm³/mol. The van der Waals surface area contributed by atoms with E-state index in [4.69, 9.17) is 4.74 Å². The van der Waals surface area contributed by atoms with E-state index in [1.54, 1.807) is 11.4 Å². The molecule has 0 radical (unpaired) electrons. The van der Waals surface area contributed by atoms with Gasteiger partial charge in [-0.1, -0.05) is 17.4 Å². The smallest absolute Gasteiger partial charge is 0.264 e. The average Bonchev–Trinajstić information content (AvgIpc) is 2.98. The topological polar surface area (TPSA) is 81.4 Å². The van der Waals surface area contributed by atoms with E-state index in [1.165, 1.54) is 11.3 Å².